The van der Waals surface area contributed by atoms with E-state index in [1.54, 1.807) is 23.7 Å². The fraction of sp³-hybridized carbons (Fsp3) is 0.250. The molecule has 3 aromatic rings. The SMILES string of the molecule is CCCn1c(C(=O)NCc2cccnc2)cc2sccc21. The highest BCUT2D eigenvalue weighted by atomic mass is 32.1. The highest BCUT2D eigenvalue weighted by Crippen LogP contribution is 2.25. The van der Waals surface area contributed by atoms with Crippen LogP contribution in [0.15, 0.2) is 42.0 Å². The normalized spacial score (nSPS) is 10.9. The lowest BCUT2D eigenvalue weighted by molar-refractivity contribution is 0.0942. The first-order valence-corrected chi connectivity index (χ1v) is 7.91. The molecule has 1 amide bonds. The van der Waals surface area contributed by atoms with E-state index >= 15 is 0 Å². The van der Waals surface area contributed by atoms with Gasteiger partial charge in [-0.3, -0.25) is 9.78 Å². The smallest absolute Gasteiger partial charge is 0.268 e. The van der Waals surface area contributed by atoms with Crippen molar-refractivity contribution in [1.29, 1.82) is 0 Å². The van der Waals surface area contributed by atoms with Crippen molar-refractivity contribution in [2.45, 2.75) is 26.4 Å². The molecular weight excluding hydrogens is 282 g/mol. The molecule has 0 bridgehead atoms. The van der Waals surface area contributed by atoms with Gasteiger partial charge in [-0.2, -0.15) is 0 Å². The fourth-order valence-electron chi connectivity index (χ4n) is 2.41. The van der Waals surface area contributed by atoms with E-state index in [1.165, 1.54) is 0 Å². The number of carbonyl (C=O) groups is 1. The van der Waals surface area contributed by atoms with Gasteiger partial charge in [0.25, 0.3) is 5.91 Å². The van der Waals surface area contributed by atoms with Crippen molar-refractivity contribution in [1.82, 2.24) is 14.9 Å². The number of rotatable bonds is 5. The number of thiophene rings is 1. The van der Waals surface area contributed by atoms with E-state index in [2.05, 4.69) is 33.2 Å². The summed E-state index contributed by atoms with van der Waals surface area (Å²) in [6, 6.07) is 7.88. The minimum Gasteiger partial charge on any atom is -0.347 e. The van der Waals surface area contributed by atoms with Gasteiger partial charge in [0.1, 0.15) is 5.69 Å². The summed E-state index contributed by atoms with van der Waals surface area (Å²) in [5.74, 6) is -0.0318. The summed E-state index contributed by atoms with van der Waals surface area (Å²) >= 11 is 1.67. The standard InChI is InChI=1S/C16H17N3OS/c1-2-7-19-13-5-8-21-15(13)9-14(19)16(20)18-11-12-4-3-6-17-10-12/h3-6,8-10H,2,7,11H2,1H3,(H,18,20). The van der Waals surface area contributed by atoms with Gasteiger partial charge in [-0.05, 0) is 35.6 Å². The van der Waals surface area contributed by atoms with Crippen molar-refractivity contribution in [3.63, 3.8) is 0 Å². The molecular formula is C16H17N3OS. The van der Waals surface area contributed by atoms with Gasteiger partial charge in [0.05, 0.1) is 10.2 Å². The van der Waals surface area contributed by atoms with Crippen molar-refractivity contribution in [3.8, 4) is 0 Å². The van der Waals surface area contributed by atoms with Crippen molar-refractivity contribution in [2.24, 2.45) is 0 Å². The molecule has 3 heterocycles. The Morgan fingerprint density at radius 2 is 2.33 bits per heavy atom. The number of amides is 1. The molecule has 3 rings (SSSR count). The van der Waals surface area contributed by atoms with Crippen molar-refractivity contribution in [2.75, 3.05) is 0 Å². The minimum absolute atomic E-state index is 0.0318. The van der Waals surface area contributed by atoms with Crippen LogP contribution in [0, 0.1) is 0 Å². The Bertz CT molecular complexity index is 745. The summed E-state index contributed by atoms with van der Waals surface area (Å²) in [5, 5.41) is 5.03. The Hall–Kier alpha value is -2.14. The molecule has 0 atom stereocenters. The summed E-state index contributed by atoms with van der Waals surface area (Å²) in [6.45, 7) is 3.48. The molecule has 21 heavy (non-hydrogen) atoms. The summed E-state index contributed by atoms with van der Waals surface area (Å²) < 4.78 is 3.26. The molecule has 0 saturated carbocycles. The molecule has 0 aliphatic rings. The molecule has 0 spiro atoms. The molecule has 0 aliphatic heterocycles. The summed E-state index contributed by atoms with van der Waals surface area (Å²) in [7, 11) is 0. The van der Waals surface area contributed by atoms with Crippen LogP contribution in [0.25, 0.3) is 10.2 Å². The molecule has 3 aromatic heterocycles. The third-order valence-corrected chi connectivity index (χ3v) is 4.23. The van der Waals surface area contributed by atoms with Crippen molar-refractivity contribution in [3.05, 3.63) is 53.3 Å². The molecule has 108 valence electrons. The first kappa shape index (κ1) is 13.8. The van der Waals surface area contributed by atoms with E-state index in [0.29, 0.717) is 6.54 Å². The van der Waals surface area contributed by atoms with Crippen molar-refractivity contribution >= 4 is 27.5 Å². The van der Waals surface area contributed by atoms with E-state index < -0.39 is 0 Å². The van der Waals surface area contributed by atoms with Gasteiger partial charge in [0.15, 0.2) is 0 Å². The molecule has 0 radical (unpaired) electrons. The maximum absolute atomic E-state index is 12.4. The predicted octanol–water partition coefficient (Wildman–Crippen LogP) is 3.44. The number of fused-ring (bicyclic) bond motifs is 1. The summed E-state index contributed by atoms with van der Waals surface area (Å²) in [4.78, 5) is 16.5. The van der Waals surface area contributed by atoms with E-state index in [1.807, 2.05) is 18.2 Å². The quantitative estimate of drug-likeness (QED) is 0.784. The molecule has 1 N–H and O–H groups in total. The zero-order valence-electron chi connectivity index (χ0n) is 11.9. The molecule has 5 heteroatoms. The second kappa shape index (κ2) is 6.10. The molecule has 0 aromatic carbocycles. The Labute approximate surface area is 127 Å². The van der Waals surface area contributed by atoms with Crippen LogP contribution in [0.4, 0.5) is 0 Å². The Morgan fingerprint density at radius 1 is 1.43 bits per heavy atom. The lowest BCUT2D eigenvalue weighted by Gasteiger charge is -2.09. The number of nitrogens with zero attached hydrogens (tertiary/aromatic N) is 2. The van der Waals surface area contributed by atoms with Crippen LogP contribution in [-0.4, -0.2) is 15.5 Å². The number of carbonyl (C=O) groups excluding carboxylic acids is 1. The van der Waals surface area contributed by atoms with Crippen LogP contribution >= 0.6 is 11.3 Å². The summed E-state index contributed by atoms with van der Waals surface area (Å²) in [6.07, 6.45) is 4.50. The number of aromatic nitrogens is 2. The number of aryl methyl sites for hydroxylation is 1. The van der Waals surface area contributed by atoms with E-state index in [9.17, 15) is 4.79 Å². The molecule has 0 saturated heterocycles. The average molecular weight is 299 g/mol. The zero-order chi connectivity index (χ0) is 14.7. The van der Waals surface area contributed by atoms with Gasteiger partial charge in [0.2, 0.25) is 0 Å². The van der Waals surface area contributed by atoms with Gasteiger partial charge in [-0.25, -0.2) is 0 Å². The van der Waals surface area contributed by atoms with Crippen LogP contribution in [0.1, 0.15) is 29.4 Å². The molecule has 0 fully saturated rings. The minimum atomic E-state index is -0.0318. The van der Waals surface area contributed by atoms with Crippen molar-refractivity contribution < 1.29 is 4.79 Å². The van der Waals surface area contributed by atoms with E-state index in [-0.39, 0.29) is 5.91 Å². The van der Waals surface area contributed by atoms with Crippen LogP contribution in [0.2, 0.25) is 0 Å². The number of nitrogens with one attached hydrogen (secondary N) is 1. The maximum Gasteiger partial charge on any atom is 0.268 e. The lowest BCUT2D eigenvalue weighted by atomic mass is 10.3. The van der Waals surface area contributed by atoms with Gasteiger partial charge < -0.3 is 9.88 Å². The average Bonchev–Trinajstić information content (AvgIpc) is 3.09. The van der Waals surface area contributed by atoms with Gasteiger partial charge in [0, 0.05) is 25.5 Å². The van der Waals surface area contributed by atoms with E-state index in [4.69, 9.17) is 0 Å². The van der Waals surface area contributed by atoms with Crippen LogP contribution < -0.4 is 5.32 Å². The third kappa shape index (κ3) is 2.83. The van der Waals surface area contributed by atoms with Gasteiger partial charge in [-0.1, -0.05) is 13.0 Å². The van der Waals surface area contributed by atoms with Gasteiger partial charge >= 0.3 is 0 Å². The topological polar surface area (TPSA) is 46.9 Å². The van der Waals surface area contributed by atoms with E-state index in [0.717, 1.165) is 34.4 Å². The largest absolute Gasteiger partial charge is 0.347 e. The lowest BCUT2D eigenvalue weighted by Crippen LogP contribution is -2.25. The highest BCUT2D eigenvalue weighted by Gasteiger charge is 2.15. The maximum atomic E-state index is 12.4. The summed E-state index contributed by atoms with van der Waals surface area (Å²) in [5.41, 5.74) is 2.89. The van der Waals surface area contributed by atoms with Gasteiger partial charge in [-0.15, -0.1) is 11.3 Å². The Kier molecular flexibility index (Phi) is 4.01. The molecule has 0 aliphatic carbocycles. The number of hydrogen-bond acceptors (Lipinski definition) is 3. The number of hydrogen-bond donors (Lipinski definition) is 1. The van der Waals surface area contributed by atoms with Crippen LogP contribution in [0.5, 0.6) is 0 Å². The molecule has 0 unspecified atom stereocenters. The first-order chi connectivity index (χ1) is 10.3. The number of pyridine rings is 1. The second-order valence-electron chi connectivity index (χ2n) is 4.90. The first-order valence-electron chi connectivity index (χ1n) is 7.03. The zero-order valence-corrected chi connectivity index (χ0v) is 12.7. The Balaban J connectivity index is 1.80. The fourth-order valence-corrected chi connectivity index (χ4v) is 3.23. The predicted molar refractivity (Wildman–Crippen MR) is 85.5 cm³/mol. The third-order valence-electron chi connectivity index (χ3n) is 3.38. The van der Waals surface area contributed by atoms with Crippen LogP contribution in [-0.2, 0) is 13.1 Å². The molecule has 4 nitrogen and oxygen atoms in total. The second-order valence-corrected chi connectivity index (χ2v) is 5.84. The monoisotopic (exact) mass is 299 g/mol. The van der Waals surface area contributed by atoms with Crippen LogP contribution in [0.3, 0.4) is 0 Å². The Morgan fingerprint density at radius 3 is 3.10 bits per heavy atom. The highest BCUT2D eigenvalue weighted by molar-refractivity contribution is 7.17.